The fraction of sp³-hybridized carbons (Fsp3) is 0.308. The number of imide groups is 2. The Labute approximate surface area is 218 Å². The largest absolute Gasteiger partial charge is 0.497 e. The molecule has 1 fully saturated rings. The number of methoxy groups -OCH3 is 3. The first-order valence-corrected chi connectivity index (χ1v) is 11.5. The molecule has 200 valence electrons. The summed E-state index contributed by atoms with van der Waals surface area (Å²) in [5.41, 5.74) is 0.773. The fourth-order valence-electron chi connectivity index (χ4n) is 4.08. The minimum Gasteiger partial charge on any atom is -0.497 e. The van der Waals surface area contributed by atoms with Gasteiger partial charge in [0, 0.05) is 32.1 Å². The number of anilines is 1. The Morgan fingerprint density at radius 3 is 2.53 bits per heavy atom. The SMILES string of the molecule is COc1ccc(OC)c(N2C(=O)NC(=O)C(=Cc3c(CCN(C)C(C)=O)cc4c(c3OC)OCO4)C2=O)c1. The first kappa shape index (κ1) is 26.3. The highest BCUT2D eigenvalue weighted by Gasteiger charge is 2.39. The van der Waals surface area contributed by atoms with Crippen molar-refractivity contribution in [3.05, 3.63) is 41.0 Å². The number of likely N-dealkylation sites (N-methyl/N-ethyl adjacent to an activating group) is 1. The summed E-state index contributed by atoms with van der Waals surface area (Å²) in [5, 5.41) is 2.20. The van der Waals surface area contributed by atoms with Gasteiger partial charge in [-0.1, -0.05) is 0 Å². The van der Waals surface area contributed by atoms with Gasteiger partial charge in [-0.25, -0.2) is 9.69 Å². The van der Waals surface area contributed by atoms with Crippen LogP contribution in [-0.4, -0.2) is 70.4 Å². The smallest absolute Gasteiger partial charge is 0.336 e. The van der Waals surface area contributed by atoms with Crippen LogP contribution >= 0.6 is 0 Å². The van der Waals surface area contributed by atoms with Crippen LogP contribution in [0.25, 0.3) is 6.08 Å². The molecule has 0 atom stereocenters. The lowest BCUT2D eigenvalue weighted by molar-refractivity contribution is -0.127. The maximum atomic E-state index is 13.6. The molecule has 2 aromatic rings. The summed E-state index contributed by atoms with van der Waals surface area (Å²) >= 11 is 0. The van der Waals surface area contributed by atoms with Crippen LogP contribution in [0.3, 0.4) is 0 Å². The summed E-state index contributed by atoms with van der Waals surface area (Å²) in [7, 11) is 5.91. The maximum Gasteiger partial charge on any atom is 0.336 e. The van der Waals surface area contributed by atoms with Crippen LogP contribution in [0.4, 0.5) is 10.5 Å². The maximum absolute atomic E-state index is 13.6. The summed E-state index contributed by atoms with van der Waals surface area (Å²) < 4.78 is 27.3. The van der Waals surface area contributed by atoms with Crippen molar-refractivity contribution < 1.29 is 42.9 Å². The third-order valence-corrected chi connectivity index (χ3v) is 6.22. The van der Waals surface area contributed by atoms with Crippen molar-refractivity contribution in [2.75, 3.05) is 46.6 Å². The normalized spacial score (nSPS) is 15.4. The number of benzene rings is 2. The van der Waals surface area contributed by atoms with Gasteiger partial charge in [-0.05, 0) is 36.3 Å². The number of barbiturate groups is 1. The van der Waals surface area contributed by atoms with E-state index in [1.165, 1.54) is 45.3 Å². The number of hydrogen-bond donors (Lipinski definition) is 1. The second-order valence-electron chi connectivity index (χ2n) is 8.40. The van der Waals surface area contributed by atoms with Crippen LogP contribution in [0.5, 0.6) is 28.7 Å². The molecule has 2 aliphatic rings. The van der Waals surface area contributed by atoms with Crippen molar-refractivity contribution in [3.63, 3.8) is 0 Å². The Kier molecular flexibility index (Phi) is 7.42. The lowest BCUT2D eigenvalue weighted by Gasteiger charge is -2.28. The van der Waals surface area contributed by atoms with Crippen LogP contribution in [0.15, 0.2) is 29.8 Å². The summed E-state index contributed by atoms with van der Waals surface area (Å²) in [6.45, 7) is 1.77. The van der Waals surface area contributed by atoms with Gasteiger partial charge in [0.2, 0.25) is 18.4 Å². The molecule has 0 unspecified atom stereocenters. The minimum absolute atomic E-state index is 0.0319. The molecule has 0 bridgehead atoms. The van der Waals surface area contributed by atoms with Gasteiger partial charge in [0.05, 0.1) is 27.0 Å². The number of ether oxygens (including phenoxy) is 5. The van der Waals surface area contributed by atoms with Gasteiger partial charge in [0.15, 0.2) is 11.5 Å². The first-order chi connectivity index (χ1) is 18.2. The van der Waals surface area contributed by atoms with Crippen LogP contribution < -0.4 is 33.9 Å². The Hall–Kier alpha value is -4.74. The van der Waals surface area contributed by atoms with E-state index in [4.69, 9.17) is 23.7 Å². The fourth-order valence-corrected chi connectivity index (χ4v) is 4.08. The molecule has 0 radical (unpaired) electrons. The standard InChI is InChI=1S/C26H27N3O9/c1-14(30)28(2)9-8-15-10-21-23(38-13-37-21)22(36-5)17(15)12-18-24(31)27-26(33)29(25(18)32)19-11-16(34-3)6-7-20(19)35-4/h6-7,10-12H,8-9,13H2,1-5H3,(H,27,31,33). The van der Waals surface area contributed by atoms with Crippen LogP contribution in [0.1, 0.15) is 18.1 Å². The molecule has 0 spiro atoms. The number of nitrogens with zero attached hydrogens (tertiary/aromatic N) is 2. The lowest BCUT2D eigenvalue weighted by atomic mass is 9.97. The summed E-state index contributed by atoms with van der Waals surface area (Å²) in [6, 6.07) is 5.38. The van der Waals surface area contributed by atoms with Gasteiger partial charge < -0.3 is 28.6 Å². The average molecular weight is 526 g/mol. The number of rotatable bonds is 8. The third-order valence-electron chi connectivity index (χ3n) is 6.22. The van der Waals surface area contributed by atoms with Gasteiger partial charge in [0.25, 0.3) is 11.8 Å². The summed E-state index contributed by atoms with van der Waals surface area (Å²) in [5.74, 6) is -0.302. The van der Waals surface area contributed by atoms with E-state index in [0.29, 0.717) is 41.3 Å². The minimum atomic E-state index is -0.940. The first-order valence-electron chi connectivity index (χ1n) is 11.5. The van der Waals surface area contributed by atoms with E-state index in [9.17, 15) is 19.2 Å². The Balaban J connectivity index is 1.84. The van der Waals surface area contributed by atoms with Crippen molar-refractivity contribution in [2.45, 2.75) is 13.3 Å². The molecule has 38 heavy (non-hydrogen) atoms. The zero-order chi connectivity index (χ0) is 27.6. The Bertz CT molecular complexity index is 1350. The van der Waals surface area contributed by atoms with E-state index in [-0.39, 0.29) is 35.5 Å². The van der Waals surface area contributed by atoms with Crippen molar-refractivity contribution >= 4 is 35.5 Å². The van der Waals surface area contributed by atoms with E-state index >= 15 is 0 Å². The van der Waals surface area contributed by atoms with Gasteiger partial charge in [-0.2, -0.15) is 0 Å². The van der Waals surface area contributed by atoms with E-state index in [1.54, 1.807) is 25.2 Å². The van der Waals surface area contributed by atoms with Gasteiger partial charge in [-0.3, -0.25) is 19.7 Å². The summed E-state index contributed by atoms with van der Waals surface area (Å²) in [4.78, 5) is 53.5. The van der Waals surface area contributed by atoms with E-state index in [1.807, 2.05) is 0 Å². The molecule has 2 aliphatic heterocycles. The monoisotopic (exact) mass is 525 g/mol. The molecule has 2 aromatic carbocycles. The predicted molar refractivity (Wildman–Crippen MR) is 135 cm³/mol. The Morgan fingerprint density at radius 2 is 1.87 bits per heavy atom. The molecule has 4 rings (SSSR count). The van der Waals surface area contributed by atoms with E-state index < -0.39 is 17.8 Å². The zero-order valence-electron chi connectivity index (χ0n) is 21.6. The molecule has 0 saturated carbocycles. The van der Waals surface area contributed by atoms with Crippen molar-refractivity contribution in [2.24, 2.45) is 0 Å². The molecule has 12 heteroatoms. The molecule has 5 amide bonds. The quantitative estimate of drug-likeness (QED) is 0.406. The van der Waals surface area contributed by atoms with E-state index in [0.717, 1.165) is 4.90 Å². The molecule has 1 N–H and O–H groups in total. The average Bonchev–Trinajstić information content (AvgIpc) is 3.37. The highest BCUT2D eigenvalue weighted by molar-refractivity contribution is 6.39. The van der Waals surface area contributed by atoms with Crippen LogP contribution in [0.2, 0.25) is 0 Å². The molecule has 1 saturated heterocycles. The highest BCUT2D eigenvalue weighted by Crippen LogP contribution is 2.46. The number of carbonyl (C=O) groups is 4. The van der Waals surface area contributed by atoms with Gasteiger partial charge in [0.1, 0.15) is 17.1 Å². The number of fused-ring (bicyclic) bond motifs is 1. The number of carbonyl (C=O) groups excluding carboxylic acids is 4. The third kappa shape index (κ3) is 4.80. The molecule has 2 heterocycles. The highest BCUT2D eigenvalue weighted by atomic mass is 16.7. The second-order valence-corrected chi connectivity index (χ2v) is 8.40. The number of hydrogen-bond acceptors (Lipinski definition) is 9. The van der Waals surface area contributed by atoms with E-state index in [2.05, 4.69) is 5.32 Å². The summed E-state index contributed by atoms with van der Waals surface area (Å²) in [6.07, 6.45) is 1.69. The second kappa shape index (κ2) is 10.7. The number of urea groups is 1. The van der Waals surface area contributed by atoms with Gasteiger partial charge in [-0.15, -0.1) is 0 Å². The topological polar surface area (TPSA) is 133 Å². The zero-order valence-corrected chi connectivity index (χ0v) is 21.6. The molecule has 12 nitrogen and oxygen atoms in total. The van der Waals surface area contributed by atoms with Crippen molar-refractivity contribution in [1.82, 2.24) is 10.2 Å². The molecule has 0 aliphatic carbocycles. The van der Waals surface area contributed by atoms with Crippen LogP contribution in [0, 0.1) is 0 Å². The number of nitrogens with one attached hydrogen (secondary N) is 1. The van der Waals surface area contributed by atoms with Crippen molar-refractivity contribution in [1.29, 1.82) is 0 Å². The lowest BCUT2D eigenvalue weighted by Crippen LogP contribution is -2.54. The molecule has 0 aromatic heterocycles. The predicted octanol–water partition coefficient (Wildman–Crippen LogP) is 2.13. The molecular weight excluding hydrogens is 498 g/mol. The van der Waals surface area contributed by atoms with Crippen molar-refractivity contribution in [3.8, 4) is 28.7 Å². The van der Waals surface area contributed by atoms with Gasteiger partial charge >= 0.3 is 6.03 Å². The Morgan fingerprint density at radius 1 is 1.11 bits per heavy atom. The molecular formula is C26H27N3O9. The van der Waals surface area contributed by atoms with Crippen LogP contribution in [-0.2, 0) is 20.8 Å². The number of amides is 5.